The lowest BCUT2D eigenvalue weighted by atomic mass is 10.1. The number of benzene rings is 2. The number of hydrogen-bond donors (Lipinski definition) is 1. The molecule has 0 saturated carbocycles. The number of carbonyl (C=O) groups excluding carboxylic acids is 1. The van der Waals surface area contributed by atoms with Crippen LogP contribution in [0, 0.1) is 19.7 Å². The Kier molecular flexibility index (Phi) is 4.69. The topological polar surface area (TPSA) is 35.6 Å². The van der Waals surface area contributed by atoms with Gasteiger partial charge in [0.05, 0.1) is 5.69 Å². The second-order valence-corrected chi connectivity index (χ2v) is 6.17. The van der Waals surface area contributed by atoms with E-state index in [9.17, 15) is 9.18 Å². The van der Waals surface area contributed by atoms with E-state index >= 15 is 0 Å². The summed E-state index contributed by atoms with van der Waals surface area (Å²) >= 11 is 0. The lowest BCUT2D eigenvalue weighted by Gasteiger charge is -2.36. The molecule has 4 nitrogen and oxygen atoms in total. The maximum absolute atomic E-state index is 13.6. The van der Waals surface area contributed by atoms with Gasteiger partial charge in [0.15, 0.2) is 0 Å². The first-order valence-electron chi connectivity index (χ1n) is 8.17. The summed E-state index contributed by atoms with van der Waals surface area (Å²) in [6.07, 6.45) is 0. The highest BCUT2D eigenvalue weighted by atomic mass is 19.1. The predicted octanol–water partition coefficient (Wildman–Crippen LogP) is 3.80. The monoisotopic (exact) mass is 327 g/mol. The van der Waals surface area contributed by atoms with Gasteiger partial charge in [0.25, 0.3) is 0 Å². The molecule has 2 aromatic carbocycles. The quantitative estimate of drug-likeness (QED) is 0.911. The average Bonchev–Trinajstić information content (AvgIpc) is 2.57. The molecule has 0 spiro atoms. The summed E-state index contributed by atoms with van der Waals surface area (Å²) in [6.45, 7) is 6.98. The fourth-order valence-corrected chi connectivity index (χ4v) is 3.07. The van der Waals surface area contributed by atoms with Gasteiger partial charge in [-0.2, -0.15) is 0 Å². The maximum atomic E-state index is 13.6. The number of halogens is 1. The Hall–Kier alpha value is -2.56. The molecule has 1 heterocycles. The molecule has 1 aliphatic rings. The third-order valence-corrected chi connectivity index (χ3v) is 4.38. The molecule has 1 aliphatic heterocycles. The zero-order chi connectivity index (χ0) is 17.1. The van der Waals surface area contributed by atoms with Gasteiger partial charge in [0.2, 0.25) is 0 Å². The number of carbonyl (C=O) groups is 1. The van der Waals surface area contributed by atoms with Crippen LogP contribution in [0.25, 0.3) is 0 Å². The first kappa shape index (κ1) is 16.3. The summed E-state index contributed by atoms with van der Waals surface area (Å²) < 4.78 is 13.6. The van der Waals surface area contributed by atoms with Crippen molar-refractivity contribution in [3.63, 3.8) is 0 Å². The summed E-state index contributed by atoms with van der Waals surface area (Å²) in [4.78, 5) is 16.3. The van der Waals surface area contributed by atoms with Crippen LogP contribution in [0.3, 0.4) is 0 Å². The van der Waals surface area contributed by atoms with Crippen molar-refractivity contribution in [2.75, 3.05) is 36.4 Å². The molecule has 126 valence electrons. The number of amides is 2. The summed E-state index contributed by atoms with van der Waals surface area (Å²) in [5.74, 6) is -0.417. The van der Waals surface area contributed by atoms with Crippen LogP contribution in [-0.4, -0.2) is 37.1 Å². The molecule has 0 radical (unpaired) electrons. The molecule has 24 heavy (non-hydrogen) atoms. The zero-order valence-electron chi connectivity index (χ0n) is 14.1. The van der Waals surface area contributed by atoms with Crippen molar-refractivity contribution in [1.29, 1.82) is 0 Å². The summed E-state index contributed by atoms with van der Waals surface area (Å²) in [5, 5.41) is 2.65. The van der Waals surface area contributed by atoms with Gasteiger partial charge in [-0.15, -0.1) is 0 Å². The van der Waals surface area contributed by atoms with Crippen molar-refractivity contribution in [3.05, 3.63) is 59.4 Å². The van der Waals surface area contributed by atoms with Crippen molar-refractivity contribution in [2.24, 2.45) is 0 Å². The summed E-state index contributed by atoms with van der Waals surface area (Å²) in [6, 6.07) is 12.4. The molecule has 3 rings (SSSR count). The molecule has 1 N–H and O–H groups in total. The number of aryl methyl sites for hydroxylation is 2. The van der Waals surface area contributed by atoms with E-state index in [4.69, 9.17) is 0 Å². The summed E-state index contributed by atoms with van der Waals surface area (Å²) in [5.41, 5.74) is 3.94. The molecular weight excluding hydrogens is 305 g/mol. The zero-order valence-corrected chi connectivity index (χ0v) is 14.1. The van der Waals surface area contributed by atoms with Crippen molar-refractivity contribution in [2.45, 2.75) is 13.8 Å². The minimum Gasteiger partial charge on any atom is -0.368 e. The van der Waals surface area contributed by atoms with E-state index in [0.717, 1.165) is 13.1 Å². The lowest BCUT2D eigenvalue weighted by Crippen LogP contribution is -2.50. The molecule has 2 amide bonds. The fourth-order valence-electron chi connectivity index (χ4n) is 3.07. The van der Waals surface area contributed by atoms with Crippen LogP contribution in [0.2, 0.25) is 0 Å². The van der Waals surface area contributed by atoms with Crippen LogP contribution < -0.4 is 10.2 Å². The van der Waals surface area contributed by atoms with E-state index < -0.39 is 5.82 Å². The first-order chi connectivity index (χ1) is 11.5. The van der Waals surface area contributed by atoms with E-state index in [1.807, 2.05) is 0 Å². The lowest BCUT2D eigenvalue weighted by molar-refractivity contribution is 0.208. The Morgan fingerprint density at radius 2 is 1.75 bits per heavy atom. The van der Waals surface area contributed by atoms with E-state index in [-0.39, 0.29) is 11.7 Å². The number of nitrogens with one attached hydrogen (secondary N) is 1. The van der Waals surface area contributed by atoms with Gasteiger partial charge < -0.3 is 15.1 Å². The number of nitrogens with zero attached hydrogens (tertiary/aromatic N) is 2. The standard InChI is InChI=1S/C19H22FN3O/c1-14-7-8-18(15(2)13-14)22-9-11-23(12-10-22)19(24)21-17-6-4-3-5-16(17)20/h3-8,13H,9-12H2,1-2H3,(H,21,24). The van der Waals surface area contributed by atoms with Crippen LogP contribution in [-0.2, 0) is 0 Å². The average molecular weight is 327 g/mol. The number of anilines is 2. The third-order valence-electron chi connectivity index (χ3n) is 4.38. The van der Waals surface area contributed by atoms with Crippen LogP contribution in [0.5, 0.6) is 0 Å². The number of urea groups is 1. The van der Waals surface area contributed by atoms with Crippen molar-refractivity contribution in [3.8, 4) is 0 Å². The van der Waals surface area contributed by atoms with Gasteiger partial charge in [0.1, 0.15) is 5.82 Å². The normalized spacial score (nSPS) is 14.6. The second kappa shape index (κ2) is 6.91. The predicted molar refractivity (Wildman–Crippen MR) is 95.1 cm³/mol. The molecule has 2 aromatic rings. The highest BCUT2D eigenvalue weighted by molar-refractivity contribution is 5.89. The SMILES string of the molecule is Cc1ccc(N2CCN(C(=O)Nc3ccccc3F)CC2)c(C)c1. The Morgan fingerprint density at radius 1 is 1.04 bits per heavy atom. The second-order valence-electron chi connectivity index (χ2n) is 6.17. The minimum absolute atomic E-state index is 0.222. The molecule has 1 saturated heterocycles. The molecule has 0 aromatic heterocycles. The first-order valence-corrected chi connectivity index (χ1v) is 8.17. The number of rotatable bonds is 2. The van der Waals surface area contributed by atoms with Crippen LogP contribution in [0.1, 0.15) is 11.1 Å². The van der Waals surface area contributed by atoms with Gasteiger partial charge >= 0.3 is 6.03 Å². The number of para-hydroxylation sites is 1. The summed E-state index contributed by atoms with van der Waals surface area (Å²) in [7, 11) is 0. The van der Waals surface area contributed by atoms with Gasteiger partial charge in [0, 0.05) is 31.9 Å². The minimum atomic E-state index is -0.417. The molecule has 5 heteroatoms. The maximum Gasteiger partial charge on any atom is 0.322 e. The Bertz CT molecular complexity index is 739. The number of hydrogen-bond acceptors (Lipinski definition) is 2. The Morgan fingerprint density at radius 3 is 2.42 bits per heavy atom. The molecule has 0 aliphatic carbocycles. The van der Waals surface area contributed by atoms with E-state index in [1.165, 1.54) is 22.9 Å². The van der Waals surface area contributed by atoms with E-state index in [1.54, 1.807) is 23.1 Å². The highest BCUT2D eigenvalue weighted by Crippen LogP contribution is 2.23. The fraction of sp³-hybridized carbons (Fsp3) is 0.316. The smallest absolute Gasteiger partial charge is 0.322 e. The van der Waals surface area contributed by atoms with Crippen LogP contribution in [0.4, 0.5) is 20.6 Å². The number of piperazine rings is 1. The molecule has 1 fully saturated rings. The van der Waals surface area contributed by atoms with Crippen LogP contribution in [0.15, 0.2) is 42.5 Å². The molecule has 0 atom stereocenters. The van der Waals surface area contributed by atoms with E-state index in [0.29, 0.717) is 13.1 Å². The van der Waals surface area contributed by atoms with Crippen molar-refractivity contribution in [1.82, 2.24) is 4.90 Å². The molecular formula is C19H22FN3O. The Labute approximate surface area is 141 Å². The third kappa shape index (κ3) is 3.50. The highest BCUT2D eigenvalue weighted by Gasteiger charge is 2.22. The van der Waals surface area contributed by atoms with Crippen LogP contribution >= 0.6 is 0 Å². The van der Waals surface area contributed by atoms with Crippen molar-refractivity contribution < 1.29 is 9.18 Å². The van der Waals surface area contributed by atoms with Crippen molar-refractivity contribution >= 4 is 17.4 Å². The molecule has 0 bridgehead atoms. The van der Waals surface area contributed by atoms with Gasteiger partial charge in [-0.1, -0.05) is 29.8 Å². The van der Waals surface area contributed by atoms with E-state index in [2.05, 4.69) is 42.3 Å². The van der Waals surface area contributed by atoms with Gasteiger partial charge in [-0.05, 0) is 37.6 Å². The van der Waals surface area contributed by atoms with Gasteiger partial charge in [-0.25, -0.2) is 9.18 Å². The molecule has 0 unspecified atom stereocenters. The largest absolute Gasteiger partial charge is 0.368 e. The van der Waals surface area contributed by atoms with Gasteiger partial charge in [-0.3, -0.25) is 0 Å². The Balaban J connectivity index is 1.60.